The van der Waals surface area contributed by atoms with Gasteiger partial charge in [-0.1, -0.05) is 30.0 Å². The summed E-state index contributed by atoms with van der Waals surface area (Å²) < 4.78 is 7.10. The fourth-order valence-electron chi connectivity index (χ4n) is 3.14. The Balaban J connectivity index is 1.53. The van der Waals surface area contributed by atoms with E-state index in [0.29, 0.717) is 11.7 Å². The zero-order chi connectivity index (χ0) is 19.3. The second-order valence-electron chi connectivity index (χ2n) is 7.32. The van der Waals surface area contributed by atoms with Crippen molar-refractivity contribution in [1.29, 1.82) is 0 Å². The summed E-state index contributed by atoms with van der Waals surface area (Å²) in [6, 6.07) is 7.89. The van der Waals surface area contributed by atoms with Gasteiger partial charge in [-0.25, -0.2) is 0 Å². The van der Waals surface area contributed by atoms with Gasteiger partial charge in [-0.3, -0.25) is 4.79 Å². The number of benzene rings is 1. The summed E-state index contributed by atoms with van der Waals surface area (Å²) in [6.45, 7) is 10.5. The summed E-state index contributed by atoms with van der Waals surface area (Å²) in [6.07, 6.45) is 0. The zero-order valence-electron chi connectivity index (χ0n) is 16.1. The van der Waals surface area contributed by atoms with Gasteiger partial charge < -0.3 is 15.0 Å². The molecule has 1 fully saturated rings. The molecule has 0 atom stereocenters. The normalized spacial score (nSPS) is 15.7. The molecule has 1 aromatic heterocycles. The van der Waals surface area contributed by atoms with Crippen LogP contribution < -0.4 is 10.2 Å². The summed E-state index contributed by atoms with van der Waals surface area (Å²) in [5.74, 6) is 0.265. The summed E-state index contributed by atoms with van der Waals surface area (Å²) in [7, 11) is 0. The number of thioether (sulfide) groups is 1. The van der Waals surface area contributed by atoms with Crippen LogP contribution in [0, 0.1) is 6.92 Å². The molecule has 146 valence electrons. The lowest BCUT2D eigenvalue weighted by Crippen LogP contribution is -3.22. The molecular weight excluding hydrogens is 364 g/mol. The van der Waals surface area contributed by atoms with Gasteiger partial charge in [0.05, 0.1) is 31.2 Å². The van der Waals surface area contributed by atoms with E-state index in [0.717, 1.165) is 37.6 Å². The first-order valence-corrected chi connectivity index (χ1v) is 10.1. The maximum atomic E-state index is 12.3. The number of hydrogen-bond acceptors (Lipinski definition) is 6. The minimum absolute atomic E-state index is 0.0138. The van der Waals surface area contributed by atoms with E-state index in [-0.39, 0.29) is 17.2 Å². The van der Waals surface area contributed by atoms with E-state index in [1.807, 2.05) is 31.2 Å². The summed E-state index contributed by atoms with van der Waals surface area (Å²) in [5, 5.41) is 15.5. The Morgan fingerprint density at radius 2 is 2.07 bits per heavy atom. The van der Waals surface area contributed by atoms with Gasteiger partial charge >= 0.3 is 0 Å². The number of nitrogens with zero attached hydrogens (tertiary/aromatic N) is 4. The van der Waals surface area contributed by atoms with Crippen molar-refractivity contribution in [1.82, 2.24) is 25.5 Å². The quantitative estimate of drug-likeness (QED) is 0.640. The van der Waals surface area contributed by atoms with Gasteiger partial charge in [0, 0.05) is 0 Å². The van der Waals surface area contributed by atoms with Crippen molar-refractivity contribution >= 4 is 17.7 Å². The number of aromatic nitrogens is 4. The van der Waals surface area contributed by atoms with Crippen LogP contribution in [0.1, 0.15) is 19.4 Å². The van der Waals surface area contributed by atoms with Gasteiger partial charge in [0.25, 0.3) is 0 Å². The summed E-state index contributed by atoms with van der Waals surface area (Å²) in [5.41, 5.74) is 1.97. The number of carbonyl (C=O) groups excluding carboxylic acids is 1. The number of quaternary nitrogens is 1. The number of para-hydroxylation sites is 1. The van der Waals surface area contributed by atoms with Crippen molar-refractivity contribution in [3.05, 3.63) is 29.8 Å². The highest BCUT2D eigenvalue weighted by Crippen LogP contribution is 2.20. The second-order valence-corrected chi connectivity index (χ2v) is 8.27. The number of nitrogens with one attached hydrogen (secondary N) is 2. The monoisotopic (exact) mass is 391 g/mol. The fourth-order valence-corrected chi connectivity index (χ4v) is 3.86. The molecule has 8 nitrogen and oxygen atoms in total. The second kappa shape index (κ2) is 8.81. The van der Waals surface area contributed by atoms with Crippen LogP contribution in [0.4, 0.5) is 0 Å². The average Bonchev–Trinajstić information content (AvgIpc) is 3.14. The Hall–Kier alpha value is -1.97. The van der Waals surface area contributed by atoms with Crippen LogP contribution >= 0.6 is 11.8 Å². The Bertz CT molecular complexity index is 773. The van der Waals surface area contributed by atoms with E-state index in [4.69, 9.17) is 4.74 Å². The van der Waals surface area contributed by atoms with Crippen molar-refractivity contribution in [3.8, 4) is 5.69 Å². The number of tetrazole rings is 1. The summed E-state index contributed by atoms with van der Waals surface area (Å²) in [4.78, 5) is 13.8. The number of ether oxygens (including phenoxy) is 1. The van der Waals surface area contributed by atoms with Gasteiger partial charge in [0.15, 0.2) is 0 Å². The predicted octanol–water partition coefficient (Wildman–Crippen LogP) is -0.127. The largest absolute Gasteiger partial charge is 0.370 e. The highest BCUT2D eigenvalue weighted by atomic mass is 32.2. The van der Waals surface area contributed by atoms with E-state index >= 15 is 0 Å². The van der Waals surface area contributed by atoms with E-state index in [2.05, 4.69) is 34.7 Å². The molecule has 1 aliphatic rings. The molecule has 0 radical (unpaired) electrons. The third-order valence-corrected chi connectivity index (χ3v) is 5.82. The molecule has 1 aliphatic heterocycles. The average molecular weight is 392 g/mol. The van der Waals surface area contributed by atoms with Crippen LogP contribution in [0.2, 0.25) is 0 Å². The lowest BCUT2D eigenvalue weighted by atomic mass is 10.0. The smallest absolute Gasteiger partial charge is 0.230 e. The first-order valence-electron chi connectivity index (χ1n) is 9.14. The molecule has 2 aromatic rings. The topological polar surface area (TPSA) is 86.4 Å². The van der Waals surface area contributed by atoms with Crippen LogP contribution in [-0.4, -0.2) is 70.3 Å². The van der Waals surface area contributed by atoms with E-state index in [1.54, 1.807) is 4.68 Å². The molecule has 1 saturated heterocycles. The third kappa shape index (κ3) is 5.06. The summed E-state index contributed by atoms with van der Waals surface area (Å²) >= 11 is 1.34. The molecule has 0 spiro atoms. The van der Waals surface area contributed by atoms with E-state index in [9.17, 15) is 4.79 Å². The van der Waals surface area contributed by atoms with Gasteiger partial charge in [0.1, 0.15) is 18.6 Å². The first-order chi connectivity index (χ1) is 13.0. The van der Waals surface area contributed by atoms with E-state index < -0.39 is 0 Å². The van der Waals surface area contributed by atoms with Crippen LogP contribution in [0.5, 0.6) is 0 Å². The maximum absolute atomic E-state index is 12.3. The predicted molar refractivity (Wildman–Crippen MR) is 103 cm³/mol. The van der Waals surface area contributed by atoms with Gasteiger partial charge in [-0.15, -0.1) is 5.10 Å². The fraction of sp³-hybridized carbons (Fsp3) is 0.556. The van der Waals surface area contributed by atoms with Crippen molar-refractivity contribution in [2.75, 3.05) is 38.6 Å². The number of amides is 1. The number of rotatable bonds is 7. The van der Waals surface area contributed by atoms with E-state index in [1.165, 1.54) is 16.7 Å². The Morgan fingerprint density at radius 3 is 2.81 bits per heavy atom. The van der Waals surface area contributed by atoms with Crippen molar-refractivity contribution in [2.45, 2.75) is 31.5 Å². The molecule has 3 rings (SSSR count). The number of hydrogen-bond donors (Lipinski definition) is 2. The van der Waals surface area contributed by atoms with Gasteiger partial charge in [-0.2, -0.15) is 4.68 Å². The van der Waals surface area contributed by atoms with Crippen LogP contribution in [0.3, 0.4) is 0 Å². The minimum Gasteiger partial charge on any atom is -0.370 e. The van der Waals surface area contributed by atoms with Crippen molar-refractivity contribution in [2.24, 2.45) is 0 Å². The minimum atomic E-state index is -0.0210. The Labute approximate surface area is 163 Å². The molecule has 0 saturated carbocycles. The molecule has 1 amide bonds. The number of carbonyl (C=O) groups is 1. The van der Waals surface area contributed by atoms with Crippen LogP contribution in [-0.2, 0) is 9.53 Å². The van der Waals surface area contributed by atoms with Gasteiger partial charge in [0.2, 0.25) is 11.1 Å². The molecule has 27 heavy (non-hydrogen) atoms. The molecule has 1 aromatic carbocycles. The molecule has 0 aliphatic carbocycles. The highest BCUT2D eigenvalue weighted by Gasteiger charge is 2.32. The first kappa shape index (κ1) is 19.8. The van der Waals surface area contributed by atoms with Crippen LogP contribution in [0.15, 0.2) is 29.4 Å². The Kier molecular flexibility index (Phi) is 6.46. The lowest BCUT2D eigenvalue weighted by molar-refractivity contribution is -0.954. The molecule has 0 bridgehead atoms. The molecule has 9 heteroatoms. The zero-order valence-corrected chi connectivity index (χ0v) is 16.9. The molecule has 0 unspecified atom stereocenters. The van der Waals surface area contributed by atoms with Gasteiger partial charge in [-0.05, 0) is 42.8 Å². The standard InChI is InChI=1S/C18H26N6O2S/c1-14-6-4-5-7-15(14)24-17(20-21-22-24)27-12-16(25)19-13-18(2,3)23-8-10-26-11-9-23/h4-7H,8-13H2,1-3H3,(H,19,25)/p+1. The van der Waals surface area contributed by atoms with Crippen molar-refractivity contribution in [3.63, 3.8) is 0 Å². The maximum Gasteiger partial charge on any atom is 0.230 e. The molecule has 2 N–H and O–H groups in total. The Morgan fingerprint density at radius 1 is 1.33 bits per heavy atom. The lowest BCUT2D eigenvalue weighted by Gasteiger charge is -2.37. The van der Waals surface area contributed by atoms with Crippen LogP contribution in [0.25, 0.3) is 5.69 Å². The number of aryl methyl sites for hydroxylation is 1. The number of morpholine rings is 1. The molecule has 2 heterocycles. The highest BCUT2D eigenvalue weighted by molar-refractivity contribution is 7.99. The molecular formula is C18H27N6O2S+. The van der Waals surface area contributed by atoms with Crippen molar-refractivity contribution < 1.29 is 14.4 Å². The SMILES string of the molecule is Cc1ccccc1-n1nnnc1SCC(=O)NCC(C)(C)[NH+]1CCOCC1. The third-order valence-electron chi connectivity index (χ3n) is 4.90.